The van der Waals surface area contributed by atoms with Crippen LogP contribution in [0.15, 0.2) is 42.5 Å². The Kier molecular flexibility index (Phi) is 4.89. The van der Waals surface area contributed by atoms with Gasteiger partial charge in [-0.1, -0.05) is 23.7 Å². The predicted molar refractivity (Wildman–Crippen MR) is 89.9 cm³/mol. The van der Waals surface area contributed by atoms with Gasteiger partial charge < -0.3 is 10.6 Å². The van der Waals surface area contributed by atoms with E-state index in [1.54, 1.807) is 18.2 Å². The molecule has 2 aromatic carbocycles. The van der Waals surface area contributed by atoms with Gasteiger partial charge in [0, 0.05) is 28.4 Å². The average Bonchev–Trinajstić information content (AvgIpc) is 2.74. The summed E-state index contributed by atoms with van der Waals surface area (Å²) >= 11 is 5.84. The lowest BCUT2D eigenvalue weighted by atomic mass is 10.1. The predicted octanol–water partition coefficient (Wildman–Crippen LogP) is 3.22. The molecule has 0 fully saturated rings. The molecule has 1 heterocycles. The highest BCUT2D eigenvalue weighted by atomic mass is 35.5. The molecule has 6 nitrogen and oxygen atoms in total. The number of nitro benzene ring substituents is 1. The quantitative estimate of drug-likeness (QED) is 0.677. The van der Waals surface area contributed by atoms with Crippen molar-refractivity contribution in [1.82, 2.24) is 0 Å². The molecule has 1 aliphatic rings. The number of benzene rings is 2. The number of anilines is 1. The number of halogens is 2. The molecule has 1 aliphatic heterocycles. The van der Waals surface area contributed by atoms with Gasteiger partial charge in [-0.15, -0.1) is 12.4 Å². The molecule has 0 radical (unpaired) electrons. The van der Waals surface area contributed by atoms with Gasteiger partial charge in [-0.05, 0) is 23.8 Å². The lowest BCUT2D eigenvalue weighted by Gasteiger charge is -2.17. The van der Waals surface area contributed by atoms with E-state index in [1.807, 2.05) is 12.1 Å². The molecule has 0 spiro atoms. The van der Waals surface area contributed by atoms with Crippen molar-refractivity contribution in [3.8, 4) is 0 Å². The summed E-state index contributed by atoms with van der Waals surface area (Å²) in [6.07, 6.45) is 0. The lowest BCUT2D eigenvalue weighted by molar-refractivity contribution is -0.384. The van der Waals surface area contributed by atoms with Crippen LogP contribution in [0, 0.1) is 10.1 Å². The minimum atomic E-state index is -0.873. The largest absolute Gasteiger partial charge is 0.316 e. The molecule has 0 aliphatic carbocycles. The van der Waals surface area contributed by atoms with Crippen molar-refractivity contribution >= 4 is 41.3 Å². The highest BCUT2D eigenvalue weighted by Crippen LogP contribution is 2.37. The number of hydrogen-bond acceptors (Lipinski definition) is 4. The van der Waals surface area contributed by atoms with E-state index in [1.165, 1.54) is 17.0 Å². The Morgan fingerprint density at radius 2 is 1.87 bits per heavy atom. The van der Waals surface area contributed by atoms with Crippen LogP contribution in [0.3, 0.4) is 0 Å². The van der Waals surface area contributed by atoms with Crippen LogP contribution in [0.2, 0.25) is 5.02 Å². The van der Waals surface area contributed by atoms with Crippen LogP contribution in [0.1, 0.15) is 17.2 Å². The van der Waals surface area contributed by atoms with E-state index >= 15 is 0 Å². The number of nitrogens with zero attached hydrogens (tertiary/aromatic N) is 2. The summed E-state index contributed by atoms with van der Waals surface area (Å²) in [4.78, 5) is 24.2. The number of rotatable bonds is 3. The van der Waals surface area contributed by atoms with Gasteiger partial charge in [0.05, 0.1) is 11.5 Å². The molecule has 0 saturated heterocycles. The normalized spacial score (nSPS) is 16.0. The molecule has 23 heavy (non-hydrogen) atoms. The van der Waals surface area contributed by atoms with E-state index < -0.39 is 11.0 Å². The van der Waals surface area contributed by atoms with Gasteiger partial charge >= 0.3 is 0 Å². The van der Waals surface area contributed by atoms with Crippen LogP contribution in [-0.4, -0.2) is 10.8 Å². The number of fused-ring (bicyclic) bond motifs is 1. The minimum Gasteiger partial charge on any atom is -0.316 e. The Morgan fingerprint density at radius 1 is 1.22 bits per heavy atom. The van der Waals surface area contributed by atoms with Crippen LogP contribution in [-0.2, 0) is 11.3 Å². The molecule has 1 atom stereocenters. The van der Waals surface area contributed by atoms with Crippen molar-refractivity contribution in [3.05, 3.63) is 68.7 Å². The highest BCUT2D eigenvalue weighted by Gasteiger charge is 2.35. The van der Waals surface area contributed by atoms with Crippen molar-refractivity contribution in [3.63, 3.8) is 0 Å². The fourth-order valence-electron chi connectivity index (χ4n) is 2.51. The number of nitro groups is 1. The summed E-state index contributed by atoms with van der Waals surface area (Å²) in [6.45, 7) is 0.342. The summed E-state index contributed by atoms with van der Waals surface area (Å²) in [5.74, 6) is -0.273. The van der Waals surface area contributed by atoms with Crippen molar-refractivity contribution in [2.45, 2.75) is 12.6 Å². The molecule has 1 unspecified atom stereocenters. The van der Waals surface area contributed by atoms with E-state index in [0.29, 0.717) is 22.8 Å². The first-order valence-corrected chi connectivity index (χ1v) is 6.95. The van der Waals surface area contributed by atoms with E-state index in [4.69, 9.17) is 17.3 Å². The summed E-state index contributed by atoms with van der Waals surface area (Å²) in [5.41, 5.74) is 7.81. The molecule has 120 valence electrons. The number of nitrogens with two attached hydrogens (primary N) is 1. The maximum absolute atomic E-state index is 12.3. The van der Waals surface area contributed by atoms with Crippen LogP contribution < -0.4 is 10.6 Å². The first-order valence-electron chi connectivity index (χ1n) is 6.57. The number of hydrogen-bond donors (Lipinski definition) is 1. The van der Waals surface area contributed by atoms with Crippen LogP contribution in [0.5, 0.6) is 0 Å². The fraction of sp³-hybridized carbons (Fsp3) is 0.133. The van der Waals surface area contributed by atoms with E-state index in [0.717, 1.165) is 5.56 Å². The van der Waals surface area contributed by atoms with E-state index in [9.17, 15) is 14.9 Å². The maximum atomic E-state index is 12.3. The standard InChI is InChI=1S/C15H12ClN3O3.ClH/c16-10-3-1-9(2-4-10)8-18-13-6-5-11(19(21)22)7-12(13)14(17)15(18)20;/h1-7,14H,8,17H2;1H. The van der Waals surface area contributed by atoms with Crippen LogP contribution in [0.25, 0.3) is 0 Å². The van der Waals surface area contributed by atoms with Crippen molar-refractivity contribution in [2.24, 2.45) is 5.73 Å². The van der Waals surface area contributed by atoms with Crippen molar-refractivity contribution in [2.75, 3.05) is 4.90 Å². The zero-order valence-corrected chi connectivity index (χ0v) is 13.4. The number of amides is 1. The molecule has 0 aromatic heterocycles. The molecule has 0 bridgehead atoms. The summed E-state index contributed by atoms with van der Waals surface area (Å²) in [5, 5.41) is 11.5. The van der Waals surface area contributed by atoms with Crippen molar-refractivity contribution in [1.29, 1.82) is 0 Å². The smallest absolute Gasteiger partial charge is 0.269 e. The molecule has 3 rings (SSSR count). The Hall–Kier alpha value is -2.15. The van der Waals surface area contributed by atoms with Crippen LogP contribution in [0.4, 0.5) is 11.4 Å². The third-order valence-corrected chi connectivity index (χ3v) is 3.89. The second kappa shape index (κ2) is 6.54. The minimum absolute atomic E-state index is 0. The zero-order chi connectivity index (χ0) is 15.9. The first-order chi connectivity index (χ1) is 10.5. The summed E-state index contributed by atoms with van der Waals surface area (Å²) in [6, 6.07) is 10.6. The zero-order valence-electron chi connectivity index (χ0n) is 11.8. The number of carbonyl (C=O) groups is 1. The van der Waals surface area contributed by atoms with Gasteiger partial charge in [0.2, 0.25) is 5.91 Å². The van der Waals surface area contributed by atoms with Gasteiger partial charge in [-0.3, -0.25) is 14.9 Å². The Balaban J connectivity index is 0.00000192. The second-order valence-corrected chi connectivity index (χ2v) is 5.47. The Labute approximate surface area is 143 Å². The van der Waals surface area contributed by atoms with E-state index in [2.05, 4.69) is 0 Å². The molecular formula is C15H13Cl2N3O3. The molecule has 1 amide bonds. The average molecular weight is 354 g/mol. The Bertz CT molecular complexity index is 765. The third kappa shape index (κ3) is 3.14. The molecule has 8 heteroatoms. The van der Waals surface area contributed by atoms with Gasteiger partial charge in [0.25, 0.3) is 5.69 Å². The lowest BCUT2D eigenvalue weighted by Crippen LogP contribution is -2.31. The summed E-state index contributed by atoms with van der Waals surface area (Å²) in [7, 11) is 0. The SMILES string of the molecule is Cl.NC1C(=O)N(Cc2ccc(Cl)cc2)c2ccc([N+](=O)[O-])cc21. The number of non-ortho nitro benzene ring substituents is 1. The second-order valence-electron chi connectivity index (χ2n) is 5.03. The van der Waals surface area contributed by atoms with Crippen molar-refractivity contribution < 1.29 is 9.72 Å². The van der Waals surface area contributed by atoms with Gasteiger partial charge in [-0.25, -0.2) is 0 Å². The van der Waals surface area contributed by atoms with Gasteiger partial charge in [-0.2, -0.15) is 0 Å². The number of carbonyl (C=O) groups excluding carboxylic acids is 1. The maximum Gasteiger partial charge on any atom is 0.269 e. The Morgan fingerprint density at radius 3 is 2.48 bits per heavy atom. The molecular weight excluding hydrogens is 341 g/mol. The first kappa shape index (κ1) is 17.2. The van der Waals surface area contributed by atoms with Gasteiger partial charge in [0.1, 0.15) is 6.04 Å². The molecule has 0 saturated carbocycles. The molecule has 2 N–H and O–H groups in total. The fourth-order valence-corrected chi connectivity index (χ4v) is 2.63. The molecule has 2 aromatic rings. The van der Waals surface area contributed by atoms with E-state index in [-0.39, 0.29) is 24.0 Å². The summed E-state index contributed by atoms with van der Waals surface area (Å²) < 4.78 is 0. The third-order valence-electron chi connectivity index (χ3n) is 3.63. The monoisotopic (exact) mass is 353 g/mol. The van der Waals surface area contributed by atoms with Gasteiger partial charge in [0.15, 0.2) is 0 Å². The highest BCUT2D eigenvalue weighted by molar-refractivity contribution is 6.30. The topological polar surface area (TPSA) is 89.5 Å². The van der Waals surface area contributed by atoms with Crippen LogP contribution >= 0.6 is 24.0 Å².